The summed E-state index contributed by atoms with van der Waals surface area (Å²) in [5.41, 5.74) is 4.76. The van der Waals surface area contributed by atoms with Crippen molar-refractivity contribution in [2.45, 2.75) is 26.6 Å². The molecule has 1 heterocycles. The van der Waals surface area contributed by atoms with Gasteiger partial charge >= 0.3 is 5.97 Å². The van der Waals surface area contributed by atoms with E-state index in [0.717, 1.165) is 24.3 Å². The maximum Gasteiger partial charge on any atom is 0.340 e. The Bertz CT molecular complexity index is 1210. The molecule has 33 heavy (non-hydrogen) atoms. The minimum Gasteiger partial charge on any atom is -0.507 e. The molecule has 4 aromatic rings. The van der Waals surface area contributed by atoms with Crippen LogP contribution < -0.4 is 4.90 Å². The Morgan fingerprint density at radius 1 is 0.970 bits per heavy atom. The van der Waals surface area contributed by atoms with Gasteiger partial charge in [0.05, 0.1) is 27.9 Å². The number of hydrogen-bond donors (Lipinski definition) is 2. The molecule has 0 spiro atoms. The van der Waals surface area contributed by atoms with Crippen LogP contribution in [0.2, 0.25) is 0 Å². The Hall–Kier alpha value is -3.09. The van der Waals surface area contributed by atoms with Crippen LogP contribution in [-0.4, -0.2) is 22.2 Å². The van der Waals surface area contributed by atoms with Gasteiger partial charge in [0.25, 0.3) is 0 Å². The number of aryl methyl sites for hydroxylation is 1. The highest BCUT2D eigenvalue weighted by atomic mass is 79.9. The summed E-state index contributed by atoms with van der Waals surface area (Å²) in [7, 11) is 1.96. The smallest absolute Gasteiger partial charge is 0.340 e. The summed E-state index contributed by atoms with van der Waals surface area (Å²) < 4.78 is 8.06. The van der Waals surface area contributed by atoms with E-state index < -0.39 is 0 Å². The molecule has 6 heteroatoms. The summed E-state index contributed by atoms with van der Waals surface area (Å²) >= 11 is 3.41. The van der Waals surface area contributed by atoms with Gasteiger partial charge in [0.1, 0.15) is 25.4 Å². The van der Waals surface area contributed by atoms with E-state index in [1.54, 1.807) is 13.0 Å². The molecule has 1 aromatic heterocycles. The van der Waals surface area contributed by atoms with Crippen molar-refractivity contribution >= 4 is 32.8 Å². The number of ether oxygens (including phenoxy) is 1. The number of phenols is 1. The monoisotopic (exact) mass is 507 g/mol. The van der Waals surface area contributed by atoms with Gasteiger partial charge in [-0.2, -0.15) is 0 Å². The topological polar surface area (TPSA) is 55.9 Å². The molecule has 2 N–H and O–H groups in total. The fraction of sp³-hybridized carbons (Fsp3) is 0.222. The van der Waals surface area contributed by atoms with Crippen molar-refractivity contribution in [3.63, 3.8) is 0 Å². The predicted molar refractivity (Wildman–Crippen MR) is 133 cm³/mol. The van der Waals surface area contributed by atoms with E-state index >= 15 is 0 Å². The van der Waals surface area contributed by atoms with Crippen molar-refractivity contribution in [3.8, 4) is 5.75 Å². The highest BCUT2D eigenvalue weighted by molar-refractivity contribution is 9.10. The van der Waals surface area contributed by atoms with Gasteiger partial charge in [-0.15, -0.1) is 0 Å². The standard InChI is InChI=1S/C27H27BrN2O3/c1-3-33-27(32)26-21-14-25(31)22(28)15-23(21)29(2)24(26)18-30(16-19-10-6-4-7-11-19)17-20-12-8-5-9-13-20/h4-15,31H,3,16-18H2,1-2H3/p+1. The van der Waals surface area contributed by atoms with E-state index in [1.807, 2.05) is 29.8 Å². The predicted octanol–water partition coefficient (Wildman–Crippen LogP) is 4.61. The number of phenolic OH excluding ortho intramolecular Hbond substituents is 1. The number of aromatic hydroxyl groups is 1. The van der Waals surface area contributed by atoms with Gasteiger partial charge in [-0.05, 0) is 35.0 Å². The van der Waals surface area contributed by atoms with Gasteiger partial charge in [0.15, 0.2) is 0 Å². The van der Waals surface area contributed by atoms with Crippen molar-refractivity contribution in [2.24, 2.45) is 7.05 Å². The molecule has 0 aliphatic rings. The van der Waals surface area contributed by atoms with E-state index in [4.69, 9.17) is 4.74 Å². The molecule has 0 saturated carbocycles. The Morgan fingerprint density at radius 2 is 1.55 bits per heavy atom. The number of fused-ring (bicyclic) bond motifs is 1. The average Bonchev–Trinajstić information content (AvgIpc) is 3.06. The zero-order valence-electron chi connectivity index (χ0n) is 18.8. The summed E-state index contributed by atoms with van der Waals surface area (Å²) in [6, 6.07) is 24.3. The van der Waals surface area contributed by atoms with Gasteiger partial charge in [-0.1, -0.05) is 60.7 Å². The van der Waals surface area contributed by atoms with Crippen LogP contribution in [0.4, 0.5) is 0 Å². The minimum absolute atomic E-state index is 0.1000. The number of carbonyl (C=O) groups is 1. The van der Waals surface area contributed by atoms with Gasteiger partial charge in [0, 0.05) is 23.6 Å². The molecular formula is C27H28BrN2O3+. The zero-order valence-corrected chi connectivity index (χ0v) is 20.4. The van der Waals surface area contributed by atoms with Crippen molar-refractivity contribution in [1.82, 2.24) is 4.57 Å². The number of aromatic nitrogens is 1. The quantitative estimate of drug-likeness (QED) is 0.342. The number of nitrogens with zero attached hydrogens (tertiary/aromatic N) is 1. The summed E-state index contributed by atoms with van der Waals surface area (Å²) in [5.74, 6) is -0.262. The largest absolute Gasteiger partial charge is 0.507 e. The normalized spacial score (nSPS) is 11.3. The number of benzene rings is 3. The Balaban J connectivity index is 1.79. The van der Waals surface area contributed by atoms with Gasteiger partial charge in [0.2, 0.25) is 0 Å². The van der Waals surface area contributed by atoms with Crippen LogP contribution in [-0.2, 0) is 31.4 Å². The molecule has 0 bridgehead atoms. The summed E-state index contributed by atoms with van der Waals surface area (Å²) in [5, 5.41) is 11.0. The number of nitrogens with one attached hydrogen (secondary N) is 1. The van der Waals surface area contributed by atoms with Crippen LogP contribution in [0.3, 0.4) is 0 Å². The van der Waals surface area contributed by atoms with E-state index in [2.05, 4.69) is 64.5 Å². The van der Waals surface area contributed by atoms with Crippen molar-refractivity contribution < 1.29 is 19.5 Å². The van der Waals surface area contributed by atoms with Crippen LogP contribution in [0, 0.1) is 0 Å². The van der Waals surface area contributed by atoms with Crippen molar-refractivity contribution in [2.75, 3.05) is 6.61 Å². The molecule has 3 aromatic carbocycles. The summed E-state index contributed by atoms with van der Waals surface area (Å²) in [6.45, 7) is 4.35. The SMILES string of the molecule is CCOC(=O)c1c(C[NH+](Cc2ccccc2)Cc2ccccc2)n(C)c2cc(Br)c(O)cc12. The third-order valence-corrected chi connectivity index (χ3v) is 6.52. The van der Waals surface area contributed by atoms with Crippen LogP contribution in [0.5, 0.6) is 5.75 Å². The van der Waals surface area contributed by atoms with Crippen LogP contribution in [0.15, 0.2) is 77.3 Å². The van der Waals surface area contributed by atoms with Crippen LogP contribution >= 0.6 is 15.9 Å². The Kier molecular flexibility index (Phi) is 7.16. The molecule has 0 amide bonds. The number of hydrogen-bond acceptors (Lipinski definition) is 3. The molecule has 0 fully saturated rings. The molecule has 0 aliphatic carbocycles. The fourth-order valence-corrected chi connectivity index (χ4v) is 4.66. The first kappa shape index (κ1) is 23.1. The number of quaternary nitrogens is 1. The highest BCUT2D eigenvalue weighted by Gasteiger charge is 2.26. The van der Waals surface area contributed by atoms with Gasteiger partial charge < -0.3 is 19.3 Å². The number of esters is 1. The average molecular weight is 508 g/mol. The first-order chi connectivity index (χ1) is 16.0. The second-order valence-corrected chi connectivity index (χ2v) is 9.03. The van der Waals surface area contributed by atoms with Crippen molar-refractivity contribution in [1.29, 1.82) is 0 Å². The first-order valence-corrected chi connectivity index (χ1v) is 11.9. The lowest BCUT2D eigenvalue weighted by molar-refractivity contribution is -0.941. The van der Waals surface area contributed by atoms with Crippen LogP contribution in [0.1, 0.15) is 34.1 Å². The highest BCUT2D eigenvalue weighted by Crippen LogP contribution is 2.34. The first-order valence-electron chi connectivity index (χ1n) is 11.1. The molecule has 0 unspecified atom stereocenters. The molecule has 0 saturated heterocycles. The Morgan fingerprint density at radius 3 is 2.09 bits per heavy atom. The number of halogens is 1. The second-order valence-electron chi connectivity index (χ2n) is 8.17. The molecule has 0 aliphatic heterocycles. The van der Waals surface area contributed by atoms with E-state index in [-0.39, 0.29) is 11.7 Å². The molecule has 0 atom stereocenters. The molecule has 170 valence electrons. The summed E-state index contributed by atoms with van der Waals surface area (Å²) in [4.78, 5) is 14.3. The molecular weight excluding hydrogens is 480 g/mol. The van der Waals surface area contributed by atoms with E-state index in [9.17, 15) is 9.90 Å². The zero-order chi connectivity index (χ0) is 23.4. The lowest BCUT2D eigenvalue weighted by Crippen LogP contribution is -3.08. The van der Waals surface area contributed by atoms with Gasteiger partial charge in [-0.3, -0.25) is 0 Å². The molecule has 4 rings (SSSR count). The van der Waals surface area contributed by atoms with E-state index in [0.29, 0.717) is 28.6 Å². The maximum absolute atomic E-state index is 13.0. The molecule has 5 nitrogen and oxygen atoms in total. The minimum atomic E-state index is -0.362. The van der Waals surface area contributed by atoms with E-state index in [1.165, 1.54) is 16.0 Å². The second kappa shape index (κ2) is 10.2. The van der Waals surface area contributed by atoms with Gasteiger partial charge in [-0.25, -0.2) is 4.79 Å². The fourth-order valence-electron chi connectivity index (χ4n) is 4.33. The summed E-state index contributed by atoms with van der Waals surface area (Å²) in [6.07, 6.45) is 0. The molecule has 0 radical (unpaired) electrons. The third-order valence-electron chi connectivity index (χ3n) is 5.88. The number of rotatable bonds is 8. The Labute approximate surface area is 202 Å². The lowest BCUT2D eigenvalue weighted by Gasteiger charge is -2.21. The van der Waals surface area contributed by atoms with Crippen molar-refractivity contribution in [3.05, 3.63) is 99.7 Å². The number of carbonyl (C=O) groups excluding carboxylic acids is 1. The maximum atomic E-state index is 13.0. The third kappa shape index (κ3) is 5.13. The lowest BCUT2D eigenvalue weighted by atomic mass is 10.1. The van der Waals surface area contributed by atoms with Crippen LogP contribution in [0.25, 0.3) is 10.9 Å².